The molecule has 0 spiro atoms. The molecular formula is C26H28F3N7O2. The van der Waals surface area contributed by atoms with E-state index in [1.54, 1.807) is 11.2 Å². The number of aromatic nitrogens is 6. The maximum atomic E-state index is 13.9. The number of pyridine rings is 1. The minimum atomic E-state index is -4.65. The van der Waals surface area contributed by atoms with E-state index in [0.29, 0.717) is 28.1 Å². The number of halogens is 3. The summed E-state index contributed by atoms with van der Waals surface area (Å²) in [5, 5.41) is 35.9. The van der Waals surface area contributed by atoms with Crippen LogP contribution in [0.4, 0.5) is 13.2 Å². The number of alkyl halides is 3. The van der Waals surface area contributed by atoms with Gasteiger partial charge in [0.1, 0.15) is 23.5 Å². The number of likely N-dealkylation sites (tertiary alicyclic amines) is 1. The van der Waals surface area contributed by atoms with Crippen LogP contribution in [-0.2, 0) is 19.8 Å². The molecule has 2 aliphatic rings. The Balaban J connectivity index is 1.43. The summed E-state index contributed by atoms with van der Waals surface area (Å²) in [5.41, 5.74) is 1.67. The summed E-state index contributed by atoms with van der Waals surface area (Å²) in [5.74, 6) is 1.31. The lowest BCUT2D eigenvalue weighted by atomic mass is 9.72. The molecule has 4 heterocycles. The van der Waals surface area contributed by atoms with Crippen LogP contribution in [-0.4, -0.2) is 70.4 Å². The van der Waals surface area contributed by atoms with Crippen LogP contribution >= 0.6 is 0 Å². The van der Waals surface area contributed by atoms with Gasteiger partial charge in [-0.25, -0.2) is 4.98 Å². The van der Waals surface area contributed by atoms with E-state index in [1.807, 2.05) is 35.9 Å². The normalized spacial score (nSPS) is 21.7. The molecule has 4 aromatic rings. The van der Waals surface area contributed by atoms with E-state index in [0.717, 1.165) is 36.7 Å². The van der Waals surface area contributed by atoms with E-state index in [1.165, 1.54) is 0 Å². The molecule has 6 rings (SSSR count). The molecule has 0 radical (unpaired) electrons. The molecule has 3 aromatic heterocycles. The van der Waals surface area contributed by atoms with Crippen LogP contribution in [0.1, 0.15) is 48.0 Å². The minimum absolute atomic E-state index is 0.0254. The Morgan fingerprint density at radius 2 is 1.89 bits per heavy atom. The summed E-state index contributed by atoms with van der Waals surface area (Å²) >= 11 is 0. The van der Waals surface area contributed by atoms with Crippen LogP contribution in [0.25, 0.3) is 22.2 Å². The van der Waals surface area contributed by atoms with E-state index in [2.05, 4.69) is 25.4 Å². The summed E-state index contributed by atoms with van der Waals surface area (Å²) in [6, 6.07) is 8.77. The SMILES string of the molecule is Cn1cnnc1[C@@H](c1cccc(-c2n[nH]c3c(CN4C[C@H](O)[C@@H](O)C4)nc(C(F)(F)F)cc23)c1)C1CCC1. The zero-order valence-corrected chi connectivity index (χ0v) is 20.7. The molecule has 1 saturated carbocycles. The summed E-state index contributed by atoms with van der Waals surface area (Å²) in [6.07, 6.45) is -1.55. The van der Waals surface area contributed by atoms with Gasteiger partial charge in [-0.3, -0.25) is 10.00 Å². The molecule has 9 nitrogen and oxygen atoms in total. The quantitative estimate of drug-likeness (QED) is 0.353. The van der Waals surface area contributed by atoms with Gasteiger partial charge in [0.05, 0.1) is 23.4 Å². The fourth-order valence-electron chi connectivity index (χ4n) is 5.61. The molecule has 0 unspecified atom stereocenters. The Morgan fingerprint density at radius 3 is 2.53 bits per heavy atom. The number of nitrogens with zero attached hydrogens (tertiary/aromatic N) is 6. The van der Waals surface area contributed by atoms with Crippen molar-refractivity contribution in [3.05, 3.63) is 59.4 Å². The molecule has 1 aliphatic heterocycles. The van der Waals surface area contributed by atoms with Crippen molar-refractivity contribution in [2.45, 2.75) is 50.1 Å². The summed E-state index contributed by atoms with van der Waals surface area (Å²) in [4.78, 5) is 5.59. The predicted molar refractivity (Wildman–Crippen MR) is 132 cm³/mol. The van der Waals surface area contributed by atoms with Gasteiger partial charge in [0.25, 0.3) is 0 Å². The summed E-state index contributed by atoms with van der Waals surface area (Å²) in [7, 11) is 1.91. The lowest BCUT2D eigenvalue weighted by molar-refractivity contribution is -0.141. The largest absolute Gasteiger partial charge is 0.433 e. The van der Waals surface area contributed by atoms with E-state index >= 15 is 0 Å². The van der Waals surface area contributed by atoms with Crippen LogP contribution in [0, 0.1) is 5.92 Å². The number of rotatable bonds is 6. The van der Waals surface area contributed by atoms with Crippen LogP contribution in [0.3, 0.4) is 0 Å². The summed E-state index contributed by atoms with van der Waals surface area (Å²) < 4.78 is 43.5. The topological polar surface area (TPSA) is 116 Å². The van der Waals surface area contributed by atoms with Gasteiger partial charge in [-0.2, -0.15) is 18.3 Å². The first-order valence-electron chi connectivity index (χ1n) is 12.7. The van der Waals surface area contributed by atoms with Crippen molar-refractivity contribution < 1.29 is 23.4 Å². The monoisotopic (exact) mass is 527 g/mol. The number of hydrogen-bond acceptors (Lipinski definition) is 7. The van der Waals surface area contributed by atoms with Gasteiger partial charge in [-0.05, 0) is 36.5 Å². The third-order valence-electron chi connectivity index (χ3n) is 7.79. The van der Waals surface area contributed by atoms with Crippen molar-refractivity contribution in [2.75, 3.05) is 13.1 Å². The number of aliphatic hydroxyl groups is 2. The van der Waals surface area contributed by atoms with Crippen LogP contribution in [0.2, 0.25) is 0 Å². The third-order valence-corrected chi connectivity index (χ3v) is 7.79. The molecule has 200 valence electrons. The molecule has 0 amide bonds. The van der Waals surface area contributed by atoms with Gasteiger partial charge in [0.15, 0.2) is 0 Å². The molecule has 38 heavy (non-hydrogen) atoms. The molecule has 0 bridgehead atoms. The van der Waals surface area contributed by atoms with Crippen molar-refractivity contribution >= 4 is 10.9 Å². The number of fused-ring (bicyclic) bond motifs is 1. The zero-order valence-electron chi connectivity index (χ0n) is 20.7. The summed E-state index contributed by atoms with van der Waals surface area (Å²) in [6.45, 7) is 0.328. The van der Waals surface area contributed by atoms with E-state index < -0.39 is 24.1 Å². The fourth-order valence-corrected chi connectivity index (χ4v) is 5.61. The second-order valence-corrected chi connectivity index (χ2v) is 10.4. The van der Waals surface area contributed by atoms with Crippen LogP contribution in [0.5, 0.6) is 0 Å². The molecule has 3 atom stereocenters. The number of β-amino-alcohol motifs (C(OH)–C–C–N with tert-alkyl or cyclic N) is 2. The van der Waals surface area contributed by atoms with Crippen molar-refractivity contribution in [2.24, 2.45) is 13.0 Å². The number of benzene rings is 1. The van der Waals surface area contributed by atoms with E-state index in [-0.39, 0.29) is 31.2 Å². The molecule has 1 saturated heterocycles. The smallest absolute Gasteiger partial charge is 0.389 e. The van der Waals surface area contributed by atoms with E-state index in [4.69, 9.17) is 0 Å². The highest BCUT2D eigenvalue weighted by Gasteiger charge is 2.36. The minimum Gasteiger partial charge on any atom is -0.389 e. The predicted octanol–water partition coefficient (Wildman–Crippen LogP) is 3.24. The zero-order chi connectivity index (χ0) is 26.6. The fraction of sp³-hybridized carbons (Fsp3) is 0.462. The number of aliphatic hydroxyl groups excluding tert-OH is 2. The highest BCUT2D eigenvalue weighted by molar-refractivity contribution is 5.94. The average molecular weight is 528 g/mol. The average Bonchev–Trinajstić information content (AvgIpc) is 3.54. The van der Waals surface area contributed by atoms with E-state index in [9.17, 15) is 23.4 Å². The van der Waals surface area contributed by atoms with Gasteiger partial charge in [0.2, 0.25) is 0 Å². The first-order chi connectivity index (χ1) is 18.2. The first-order valence-corrected chi connectivity index (χ1v) is 12.7. The van der Waals surface area contributed by atoms with Crippen molar-refractivity contribution in [3.8, 4) is 11.3 Å². The standard InChI is InChI=1S/C26H28F3N7O2/c1-35-13-30-34-25(35)22(14-4-2-5-14)15-6-3-7-16(8-15)23-17-9-21(26(27,28)29)31-18(24(17)33-32-23)10-36-11-19(37)20(38)12-36/h3,6-9,13-14,19-20,22,37-38H,2,4-5,10-12H2,1H3,(H,32,33)/t19-,20-,22+/m0/s1. The Bertz CT molecular complexity index is 1450. The van der Waals surface area contributed by atoms with Crippen molar-refractivity contribution in [3.63, 3.8) is 0 Å². The van der Waals surface area contributed by atoms with Crippen molar-refractivity contribution in [1.29, 1.82) is 0 Å². The van der Waals surface area contributed by atoms with Gasteiger partial charge in [0, 0.05) is 43.5 Å². The lowest BCUT2D eigenvalue weighted by Gasteiger charge is -2.33. The molecule has 1 aromatic carbocycles. The number of nitrogens with one attached hydrogen (secondary N) is 1. The van der Waals surface area contributed by atoms with Crippen LogP contribution < -0.4 is 0 Å². The second kappa shape index (κ2) is 9.44. The Hall–Kier alpha value is -3.35. The van der Waals surface area contributed by atoms with Gasteiger partial charge in [-0.15, -0.1) is 10.2 Å². The molecule has 3 N–H and O–H groups in total. The molecule has 1 aliphatic carbocycles. The number of H-pyrrole nitrogens is 1. The number of aryl methyl sites for hydroxylation is 1. The molecular weight excluding hydrogens is 499 g/mol. The Morgan fingerprint density at radius 1 is 1.13 bits per heavy atom. The third kappa shape index (κ3) is 4.46. The van der Waals surface area contributed by atoms with Gasteiger partial charge < -0.3 is 14.8 Å². The number of hydrogen-bond donors (Lipinski definition) is 3. The maximum Gasteiger partial charge on any atom is 0.433 e. The van der Waals surface area contributed by atoms with Crippen LogP contribution in [0.15, 0.2) is 36.7 Å². The van der Waals surface area contributed by atoms with Gasteiger partial charge in [-0.1, -0.05) is 24.6 Å². The molecule has 12 heteroatoms. The first kappa shape index (κ1) is 25.0. The lowest BCUT2D eigenvalue weighted by Crippen LogP contribution is -2.24. The maximum absolute atomic E-state index is 13.9. The highest BCUT2D eigenvalue weighted by Crippen LogP contribution is 2.43. The van der Waals surface area contributed by atoms with Crippen molar-refractivity contribution in [1.82, 2.24) is 34.8 Å². The second-order valence-electron chi connectivity index (χ2n) is 10.4. The number of aromatic amines is 1. The highest BCUT2D eigenvalue weighted by atomic mass is 19.4. The molecule has 2 fully saturated rings. The van der Waals surface area contributed by atoms with Gasteiger partial charge >= 0.3 is 6.18 Å². The Kier molecular flexibility index (Phi) is 6.20. The Labute approximate surface area is 216 Å².